The Balaban J connectivity index is 3.12. The van der Waals surface area contributed by atoms with Crippen molar-refractivity contribution in [3.8, 4) is 0 Å². The van der Waals surface area contributed by atoms with E-state index in [1.165, 1.54) is 23.6 Å². The zero-order valence-corrected chi connectivity index (χ0v) is 19.8. The van der Waals surface area contributed by atoms with Gasteiger partial charge in [0.05, 0.1) is 0 Å². The highest BCUT2D eigenvalue weighted by molar-refractivity contribution is 7.09. The summed E-state index contributed by atoms with van der Waals surface area (Å²) in [6.07, 6.45) is 0.821. The van der Waals surface area contributed by atoms with Crippen molar-refractivity contribution in [3.63, 3.8) is 0 Å². The van der Waals surface area contributed by atoms with Crippen LogP contribution in [-0.2, 0) is 14.3 Å². The van der Waals surface area contributed by atoms with Crippen molar-refractivity contribution in [3.05, 3.63) is 16.1 Å². The number of hydrogen-bond acceptors (Lipinski definition) is 6. The third-order valence-electron chi connectivity index (χ3n) is 5.29. The molecule has 8 nitrogen and oxygen atoms in total. The van der Waals surface area contributed by atoms with Crippen molar-refractivity contribution < 1.29 is 24.2 Å². The lowest BCUT2D eigenvalue weighted by molar-refractivity contribution is -0.139. The van der Waals surface area contributed by atoms with Crippen molar-refractivity contribution >= 4 is 29.1 Å². The van der Waals surface area contributed by atoms with Crippen molar-refractivity contribution in [2.45, 2.75) is 72.6 Å². The number of thiazole rings is 1. The Kier molecular flexibility index (Phi) is 10.4. The second-order valence-corrected chi connectivity index (χ2v) is 8.77. The lowest BCUT2D eigenvalue weighted by Gasteiger charge is -2.37. The molecule has 0 saturated heterocycles. The zero-order chi connectivity index (χ0) is 23.0. The minimum absolute atomic E-state index is 0.00330. The summed E-state index contributed by atoms with van der Waals surface area (Å²) in [5, 5.41) is 14.0. The van der Waals surface area contributed by atoms with Gasteiger partial charge in [0.15, 0.2) is 5.69 Å². The quantitative estimate of drug-likeness (QED) is 0.515. The molecular formula is C21H35N3O5S. The Morgan fingerprint density at radius 1 is 1.27 bits per heavy atom. The van der Waals surface area contributed by atoms with Crippen molar-refractivity contribution in [2.75, 3.05) is 13.7 Å². The second kappa shape index (κ2) is 12.0. The Morgan fingerprint density at radius 2 is 1.90 bits per heavy atom. The molecule has 0 radical (unpaired) electrons. The van der Waals surface area contributed by atoms with E-state index in [0.717, 1.165) is 6.42 Å². The first-order chi connectivity index (χ1) is 14.0. The maximum Gasteiger partial charge on any atom is 0.355 e. The maximum atomic E-state index is 13.3. The molecule has 0 aliphatic rings. The van der Waals surface area contributed by atoms with E-state index in [1.807, 2.05) is 34.6 Å². The van der Waals surface area contributed by atoms with E-state index in [-0.39, 0.29) is 35.4 Å². The fourth-order valence-electron chi connectivity index (χ4n) is 3.36. The largest absolute Gasteiger partial charge is 0.476 e. The van der Waals surface area contributed by atoms with E-state index in [0.29, 0.717) is 18.0 Å². The fourth-order valence-corrected chi connectivity index (χ4v) is 4.21. The molecule has 0 spiro atoms. The van der Waals surface area contributed by atoms with Gasteiger partial charge in [-0.2, -0.15) is 0 Å². The van der Waals surface area contributed by atoms with Crippen LogP contribution >= 0.6 is 11.3 Å². The van der Waals surface area contributed by atoms with Gasteiger partial charge in [-0.3, -0.25) is 9.59 Å². The summed E-state index contributed by atoms with van der Waals surface area (Å²) >= 11 is 1.25. The van der Waals surface area contributed by atoms with Crippen molar-refractivity contribution in [2.24, 2.45) is 11.8 Å². The molecule has 2 N–H and O–H groups in total. The number of amides is 2. The van der Waals surface area contributed by atoms with Crippen LogP contribution in [0.2, 0.25) is 0 Å². The molecular weight excluding hydrogens is 406 g/mol. The highest BCUT2D eigenvalue weighted by Crippen LogP contribution is 2.30. The molecule has 170 valence electrons. The standard InChI is InChI=1S/C21H35N3O5S/c1-8-13(5)18(22-14(6)25)20(26)24(7)16(12(3)4)10-17(29-9-2)19-23-15(11-30-19)21(27)28/h11-13,16-18H,8-10H2,1-7H3,(H,22,25)(H,27,28)/t13-,16+,17?,18-/m0/s1. The first-order valence-corrected chi connectivity index (χ1v) is 11.2. The molecule has 0 bridgehead atoms. The molecule has 9 heteroatoms. The molecule has 0 fully saturated rings. The lowest BCUT2D eigenvalue weighted by Crippen LogP contribution is -2.54. The van der Waals surface area contributed by atoms with Crippen LogP contribution in [0.4, 0.5) is 0 Å². The Morgan fingerprint density at radius 3 is 2.33 bits per heavy atom. The number of carbonyl (C=O) groups excluding carboxylic acids is 2. The average molecular weight is 442 g/mol. The molecule has 1 unspecified atom stereocenters. The number of rotatable bonds is 12. The van der Waals surface area contributed by atoms with Gasteiger partial charge in [0.25, 0.3) is 0 Å². The number of likely N-dealkylation sites (N-methyl/N-ethyl adjacent to an activating group) is 1. The van der Waals surface area contributed by atoms with Crippen LogP contribution in [0.1, 0.15) is 76.0 Å². The molecule has 1 aromatic rings. The van der Waals surface area contributed by atoms with E-state index in [9.17, 15) is 14.4 Å². The Bertz CT molecular complexity index is 721. The number of aromatic carboxylic acids is 1. The van der Waals surface area contributed by atoms with E-state index in [2.05, 4.69) is 10.3 Å². The summed E-state index contributed by atoms with van der Waals surface area (Å²) in [5.74, 6) is -1.34. The number of ether oxygens (including phenoxy) is 1. The first kappa shape index (κ1) is 26.0. The predicted octanol–water partition coefficient (Wildman–Crippen LogP) is 3.34. The van der Waals surface area contributed by atoms with Gasteiger partial charge in [-0.05, 0) is 18.8 Å². The smallest absolute Gasteiger partial charge is 0.355 e. The first-order valence-electron chi connectivity index (χ1n) is 10.4. The highest BCUT2D eigenvalue weighted by atomic mass is 32.1. The van der Waals surface area contributed by atoms with E-state index in [4.69, 9.17) is 9.84 Å². The molecule has 0 aliphatic heterocycles. The SMILES string of the molecule is CCOC(C[C@H](C(C)C)N(C)C(=O)[C@@H](NC(C)=O)[C@@H](C)CC)c1nc(C(=O)O)cs1. The normalized spacial score (nSPS) is 15.3. The minimum Gasteiger partial charge on any atom is -0.476 e. The van der Waals surface area contributed by atoms with Crippen LogP contribution in [0.3, 0.4) is 0 Å². The number of aromatic nitrogens is 1. The summed E-state index contributed by atoms with van der Waals surface area (Å²) < 4.78 is 5.87. The molecule has 1 rings (SSSR count). The minimum atomic E-state index is -1.08. The van der Waals surface area contributed by atoms with Crippen molar-refractivity contribution in [1.29, 1.82) is 0 Å². The number of nitrogens with one attached hydrogen (secondary N) is 1. The monoisotopic (exact) mass is 441 g/mol. The topological polar surface area (TPSA) is 109 Å². The van der Waals surface area contributed by atoms with Crippen LogP contribution in [0.5, 0.6) is 0 Å². The molecule has 0 saturated carbocycles. The third-order valence-corrected chi connectivity index (χ3v) is 6.23. The fraction of sp³-hybridized carbons (Fsp3) is 0.714. The van der Waals surface area contributed by atoms with E-state index < -0.39 is 18.1 Å². The molecule has 30 heavy (non-hydrogen) atoms. The van der Waals surface area contributed by atoms with Gasteiger partial charge in [-0.15, -0.1) is 11.3 Å². The number of carboxylic acid groups (broad SMARTS) is 1. The van der Waals surface area contributed by atoms with Gasteiger partial charge >= 0.3 is 5.97 Å². The van der Waals surface area contributed by atoms with Gasteiger partial charge in [-0.1, -0.05) is 34.1 Å². The molecule has 2 amide bonds. The van der Waals surface area contributed by atoms with Crippen LogP contribution in [0.15, 0.2) is 5.38 Å². The Hall–Kier alpha value is -2.00. The second-order valence-electron chi connectivity index (χ2n) is 7.88. The molecule has 4 atom stereocenters. The molecule has 0 aromatic carbocycles. The maximum absolute atomic E-state index is 13.3. The summed E-state index contributed by atoms with van der Waals surface area (Å²) in [4.78, 5) is 42.0. The average Bonchev–Trinajstić information content (AvgIpc) is 3.17. The number of carboxylic acids is 1. The van der Waals surface area contributed by atoms with Crippen LogP contribution in [-0.4, -0.2) is 58.5 Å². The third kappa shape index (κ3) is 7.05. The number of hydrogen-bond donors (Lipinski definition) is 2. The van der Waals surface area contributed by atoms with Gasteiger partial charge in [-0.25, -0.2) is 9.78 Å². The van der Waals surface area contributed by atoms with Gasteiger partial charge < -0.3 is 20.1 Å². The summed E-state index contributed by atoms with van der Waals surface area (Å²) in [5.41, 5.74) is -0.00674. The highest BCUT2D eigenvalue weighted by Gasteiger charge is 2.34. The van der Waals surface area contributed by atoms with Crippen LogP contribution in [0, 0.1) is 11.8 Å². The predicted molar refractivity (Wildman–Crippen MR) is 117 cm³/mol. The molecule has 0 aliphatic carbocycles. The lowest BCUT2D eigenvalue weighted by atomic mass is 9.93. The summed E-state index contributed by atoms with van der Waals surface area (Å²) in [6.45, 7) is 11.7. The zero-order valence-electron chi connectivity index (χ0n) is 19.0. The Labute approximate surface area is 183 Å². The van der Waals surface area contributed by atoms with Gasteiger partial charge in [0.2, 0.25) is 11.8 Å². The van der Waals surface area contributed by atoms with E-state index in [1.54, 1.807) is 11.9 Å². The molecule has 1 heterocycles. The van der Waals surface area contributed by atoms with Gasteiger partial charge in [0.1, 0.15) is 17.2 Å². The number of nitrogens with zero attached hydrogens (tertiary/aromatic N) is 2. The van der Waals surface area contributed by atoms with Crippen molar-refractivity contribution in [1.82, 2.24) is 15.2 Å². The summed E-state index contributed by atoms with van der Waals surface area (Å²) in [6, 6.07) is -0.769. The van der Waals surface area contributed by atoms with Crippen LogP contribution < -0.4 is 5.32 Å². The van der Waals surface area contributed by atoms with Crippen LogP contribution in [0.25, 0.3) is 0 Å². The van der Waals surface area contributed by atoms with E-state index >= 15 is 0 Å². The van der Waals surface area contributed by atoms with Gasteiger partial charge in [0, 0.05) is 38.4 Å². The number of carbonyl (C=O) groups is 3. The summed E-state index contributed by atoms with van der Waals surface area (Å²) in [7, 11) is 1.75. The molecule has 1 aromatic heterocycles.